The maximum absolute atomic E-state index is 10.4. The fraction of sp³-hybridized carbons (Fsp3) is 0.706. The maximum Gasteiger partial charge on any atom is 0.303 e. The molecule has 0 aliphatic rings. The molecule has 1 heterocycles. The van der Waals surface area contributed by atoms with Crippen molar-refractivity contribution in [3.8, 4) is 0 Å². The van der Waals surface area contributed by atoms with E-state index in [4.69, 9.17) is 5.11 Å². The molecular formula is C17H27IO2S. The second kappa shape index (κ2) is 12.4. The number of carbonyl (C=O) groups is 1. The standard InChI is InChI=1S/C17H27IO2S/c18-16-14-13-15(21-16)11-9-7-5-3-1-2-4-6-8-10-12-17(19)20/h13-14H,1-12H2,(H,19,20). The predicted molar refractivity (Wildman–Crippen MR) is 99.2 cm³/mol. The van der Waals surface area contributed by atoms with Crippen LogP contribution in [-0.2, 0) is 11.2 Å². The van der Waals surface area contributed by atoms with Crippen molar-refractivity contribution in [2.45, 2.75) is 77.0 Å². The van der Waals surface area contributed by atoms with E-state index < -0.39 is 5.97 Å². The zero-order valence-corrected chi connectivity index (χ0v) is 15.8. The highest BCUT2D eigenvalue weighted by molar-refractivity contribution is 14.1. The normalized spacial score (nSPS) is 10.9. The average molecular weight is 422 g/mol. The lowest BCUT2D eigenvalue weighted by Crippen LogP contribution is -1.93. The zero-order chi connectivity index (χ0) is 15.3. The van der Waals surface area contributed by atoms with Crippen LogP contribution in [-0.4, -0.2) is 11.1 Å². The summed E-state index contributed by atoms with van der Waals surface area (Å²) in [5.74, 6) is -0.660. The largest absolute Gasteiger partial charge is 0.481 e. The van der Waals surface area contributed by atoms with Crippen LogP contribution < -0.4 is 0 Å². The Labute approximate surface area is 146 Å². The molecular weight excluding hydrogens is 395 g/mol. The van der Waals surface area contributed by atoms with Crippen molar-refractivity contribution >= 4 is 39.9 Å². The van der Waals surface area contributed by atoms with Gasteiger partial charge < -0.3 is 5.11 Å². The van der Waals surface area contributed by atoms with E-state index in [1.54, 1.807) is 0 Å². The summed E-state index contributed by atoms with van der Waals surface area (Å²) in [6.45, 7) is 0. The third-order valence-electron chi connectivity index (χ3n) is 3.69. The molecule has 0 unspecified atom stereocenters. The van der Waals surface area contributed by atoms with Gasteiger partial charge in [0.25, 0.3) is 0 Å². The number of halogens is 1. The minimum atomic E-state index is -0.660. The lowest BCUT2D eigenvalue weighted by molar-refractivity contribution is -0.137. The van der Waals surface area contributed by atoms with Crippen molar-refractivity contribution in [1.82, 2.24) is 0 Å². The summed E-state index contributed by atoms with van der Waals surface area (Å²) >= 11 is 4.31. The van der Waals surface area contributed by atoms with Gasteiger partial charge in [-0.05, 0) is 54.0 Å². The van der Waals surface area contributed by atoms with Crippen LogP contribution in [0.25, 0.3) is 0 Å². The molecule has 120 valence electrons. The van der Waals surface area contributed by atoms with Crippen LogP contribution in [0.15, 0.2) is 12.1 Å². The molecule has 0 bridgehead atoms. The van der Waals surface area contributed by atoms with Crippen LogP contribution in [0.3, 0.4) is 0 Å². The fourth-order valence-electron chi connectivity index (χ4n) is 2.48. The Kier molecular flexibility index (Phi) is 11.2. The number of carboxylic acid groups (broad SMARTS) is 1. The number of aliphatic carboxylic acids is 1. The first kappa shape index (κ1) is 18.9. The van der Waals surface area contributed by atoms with E-state index in [1.165, 1.54) is 65.5 Å². The monoisotopic (exact) mass is 422 g/mol. The van der Waals surface area contributed by atoms with Crippen molar-refractivity contribution in [3.05, 3.63) is 19.9 Å². The second-order valence-electron chi connectivity index (χ2n) is 5.64. The lowest BCUT2D eigenvalue weighted by Gasteiger charge is -2.02. The molecule has 0 saturated carbocycles. The molecule has 2 nitrogen and oxygen atoms in total. The third kappa shape index (κ3) is 11.2. The topological polar surface area (TPSA) is 37.3 Å². The molecule has 0 spiro atoms. The van der Waals surface area contributed by atoms with Gasteiger partial charge in [0.2, 0.25) is 0 Å². The highest BCUT2D eigenvalue weighted by Gasteiger charge is 1.98. The Morgan fingerprint density at radius 2 is 1.43 bits per heavy atom. The molecule has 4 heteroatoms. The zero-order valence-electron chi connectivity index (χ0n) is 12.8. The first-order valence-electron chi connectivity index (χ1n) is 8.14. The van der Waals surface area contributed by atoms with Gasteiger partial charge in [-0.2, -0.15) is 0 Å². The van der Waals surface area contributed by atoms with Crippen LogP contribution in [0, 0.1) is 2.88 Å². The lowest BCUT2D eigenvalue weighted by atomic mass is 10.0. The Hall–Kier alpha value is -0.100. The summed E-state index contributed by atoms with van der Waals surface area (Å²) in [6.07, 6.45) is 14.0. The van der Waals surface area contributed by atoms with Gasteiger partial charge in [-0.3, -0.25) is 4.79 Å². The smallest absolute Gasteiger partial charge is 0.303 e. The molecule has 0 aliphatic heterocycles. The SMILES string of the molecule is O=C(O)CCCCCCCCCCCCc1ccc(I)s1. The average Bonchev–Trinajstić information content (AvgIpc) is 2.85. The minimum Gasteiger partial charge on any atom is -0.481 e. The Balaban J connectivity index is 1.77. The molecule has 0 radical (unpaired) electrons. The maximum atomic E-state index is 10.4. The van der Waals surface area contributed by atoms with Crippen LogP contribution in [0.4, 0.5) is 0 Å². The van der Waals surface area contributed by atoms with Crippen LogP contribution in [0.2, 0.25) is 0 Å². The number of carboxylic acids is 1. The van der Waals surface area contributed by atoms with Gasteiger partial charge in [0.15, 0.2) is 0 Å². The van der Waals surface area contributed by atoms with Crippen molar-refractivity contribution < 1.29 is 9.90 Å². The molecule has 1 N–H and O–H groups in total. The van der Waals surface area contributed by atoms with E-state index in [-0.39, 0.29) is 0 Å². The van der Waals surface area contributed by atoms with Crippen molar-refractivity contribution in [2.75, 3.05) is 0 Å². The Bertz CT molecular complexity index is 390. The summed E-state index contributed by atoms with van der Waals surface area (Å²) in [5, 5.41) is 8.53. The van der Waals surface area contributed by atoms with Crippen molar-refractivity contribution in [2.24, 2.45) is 0 Å². The molecule has 0 atom stereocenters. The van der Waals surface area contributed by atoms with E-state index in [1.807, 2.05) is 11.3 Å². The van der Waals surface area contributed by atoms with Gasteiger partial charge in [0, 0.05) is 11.3 Å². The van der Waals surface area contributed by atoms with E-state index in [0.29, 0.717) is 6.42 Å². The second-order valence-corrected chi connectivity index (χ2v) is 8.70. The van der Waals surface area contributed by atoms with Crippen LogP contribution in [0.5, 0.6) is 0 Å². The third-order valence-corrected chi connectivity index (χ3v) is 5.65. The van der Waals surface area contributed by atoms with Crippen LogP contribution >= 0.6 is 33.9 Å². The number of unbranched alkanes of at least 4 members (excludes halogenated alkanes) is 9. The first-order valence-corrected chi connectivity index (χ1v) is 10.0. The number of aryl methyl sites for hydroxylation is 1. The highest BCUT2D eigenvalue weighted by Crippen LogP contribution is 2.20. The summed E-state index contributed by atoms with van der Waals surface area (Å²) < 4.78 is 1.39. The summed E-state index contributed by atoms with van der Waals surface area (Å²) in [6, 6.07) is 4.47. The number of rotatable bonds is 13. The summed E-state index contributed by atoms with van der Waals surface area (Å²) in [5.41, 5.74) is 0. The van der Waals surface area contributed by atoms with Gasteiger partial charge in [0.1, 0.15) is 0 Å². The number of hydrogen-bond donors (Lipinski definition) is 1. The van der Waals surface area contributed by atoms with Crippen molar-refractivity contribution in [3.63, 3.8) is 0 Å². The molecule has 1 aromatic heterocycles. The van der Waals surface area contributed by atoms with Gasteiger partial charge in [-0.25, -0.2) is 0 Å². The minimum absolute atomic E-state index is 0.337. The summed E-state index contributed by atoms with van der Waals surface area (Å²) in [7, 11) is 0. The van der Waals surface area contributed by atoms with E-state index >= 15 is 0 Å². The predicted octanol–water partition coefficient (Wildman–Crippen LogP) is 6.27. The Morgan fingerprint density at radius 1 is 0.905 bits per heavy atom. The molecule has 0 amide bonds. The molecule has 0 aromatic carbocycles. The number of thiophene rings is 1. The molecule has 1 aromatic rings. The molecule has 21 heavy (non-hydrogen) atoms. The van der Waals surface area contributed by atoms with Crippen LogP contribution in [0.1, 0.15) is 75.5 Å². The van der Waals surface area contributed by atoms with Gasteiger partial charge >= 0.3 is 5.97 Å². The molecule has 1 rings (SSSR count). The number of hydrogen-bond acceptors (Lipinski definition) is 2. The highest BCUT2D eigenvalue weighted by atomic mass is 127. The quantitative estimate of drug-likeness (QED) is 0.300. The van der Waals surface area contributed by atoms with Gasteiger partial charge in [-0.1, -0.05) is 51.4 Å². The van der Waals surface area contributed by atoms with Gasteiger partial charge in [-0.15, -0.1) is 11.3 Å². The molecule has 0 saturated heterocycles. The van der Waals surface area contributed by atoms with Gasteiger partial charge in [0.05, 0.1) is 2.88 Å². The molecule has 0 fully saturated rings. The molecule has 0 aliphatic carbocycles. The summed E-state index contributed by atoms with van der Waals surface area (Å²) in [4.78, 5) is 11.9. The Morgan fingerprint density at radius 3 is 1.90 bits per heavy atom. The first-order chi connectivity index (χ1) is 10.2. The van der Waals surface area contributed by atoms with E-state index in [9.17, 15) is 4.79 Å². The van der Waals surface area contributed by atoms with E-state index in [2.05, 4.69) is 34.7 Å². The fourth-order valence-corrected chi connectivity index (χ4v) is 4.27. The van der Waals surface area contributed by atoms with E-state index in [0.717, 1.165) is 12.8 Å². The van der Waals surface area contributed by atoms with Crippen molar-refractivity contribution in [1.29, 1.82) is 0 Å².